The molecule has 0 amide bonds. The molecule has 104 valence electrons. The lowest BCUT2D eigenvalue weighted by Crippen LogP contribution is -2.42. The molecule has 2 aromatic rings. The van der Waals surface area contributed by atoms with Gasteiger partial charge in [0, 0.05) is 12.1 Å². The van der Waals surface area contributed by atoms with E-state index in [1.54, 1.807) is 0 Å². The zero-order valence-electron chi connectivity index (χ0n) is 11.7. The first-order chi connectivity index (χ1) is 8.86. The average Bonchev–Trinajstić information content (AvgIpc) is 2.68. The van der Waals surface area contributed by atoms with Crippen molar-refractivity contribution >= 4 is 34.2 Å². The van der Waals surface area contributed by atoms with Gasteiger partial charge in [-0.2, -0.15) is 0 Å². The van der Waals surface area contributed by atoms with Crippen LogP contribution in [-0.4, -0.2) is 34.1 Å². The zero-order valence-corrected chi connectivity index (χ0v) is 13.3. The van der Waals surface area contributed by atoms with Gasteiger partial charge < -0.3 is 9.47 Å². The van der Waals surface area contributed by atoms with Crippen LogP contribution in [0.15, 0.2) is 18.2 Å². The van der Waals surface area contributed by atoms with Crippen molar-refractivity contribution in [1.29, 1.82) is 0 Å². The van der Waals surface area contributed by atoms with E-state index in [0.29, 0.717) is 5.88 Å². The van der Waals surface area contributed by atoms with Gasteiger partial charge in [-0.05, 0) is 40.1 Å². The van der Waals surface area contributed by atoms with Crippen molar-refractivity contribution in [3.05, 3.63) is 29.0 Å². The molecule has 5 heteroatoms. The summed E-state index contributed by atoms with van der Waals surface area (Å²) < 4.78 is 2.13. The van der Waals surface area contributed by atoms with E-state index in [1.165, 1.54) is 0 Å². The van der Waals surface area contributed by atoms with Crippen LogP contribution in [-0.2, 0) is 12.4 Å². The predicted molar refractivity (Wildman–Crippen MR) is 82.1 cm³/mol. The third-order valence-corrected chi connectivity index (χ3v) is 4.22. The molecule has 0 N–H and O–H groups in total. The van der Waals surface area contributed by atoms with Gasteiger partial charge in [0.15, 0.2) is 0 Å². The summed E-state index contributed by atoms with van der Waals surface area (Å²) in [6.45, 7) is 5.17. The summed E-state index contributed by atoms with van der Waals surface area (Å²) in [5.41, 5.74) is 1.86. The van der Waals surface area contributed by atoms with Gasteiger partial charge in [0.25, 0.3) is 0 Å². The molecule has 0 bridgehead atoms. The first kappa shape index (κ1) is 14.6. The Balaban J connectivity index is 2.58. The summed E-state index contributed by atoms with van der Waals surface area (Å²) in [5.74, 6) is 1.24. The number of hydrogen-bond donors (Lipinski definition) is 0. The number of nitrogens with zero attached hydrogens (tertiary/aromatic N) is 3. The number of benzene rings is 1. The lowest BCUT2D eigenvalue weighted by atomic mass is 10.0. The Morgan fingerprint density at radius 1 is 1.32 bits per heavy atom. The minimum Gasteiger partial charge on any atom is -0.324 e. The van der Waals surface area contributed by atoms with E-state index < -0.39 is 0 Å². The van der Waals surface area contributed by atoms with E-state index >= 15 is 0 Å². The number of imidazole rings is 1. The van der Waals surface area contributed by atoms with Gasteiger partial charge in [-0.1, -0.05) is 17.7 Å². The topological polar surface area (TPSA) is 21.1 Å². The first-order valence-electron chi connectivity index (χ1n) is 6.24. The SMILES string of the molecule is CN(C)C(C)(C)Cn1c(CCl)nc2cccc(Cl)c21. The zero-order chi connectivity index (χ0) is 14.2. The maximum absolute atomic E-state index is 6.32. The molecule has 3 nitrogen and oxygen atoms in total. The summed E-state index contributed by atoms with van der Waals surface area (Å²) >= 11 is 12.3. The standard InChI is InChI=1S/C14H19Cl2N3/c1-14(2,18(3)4)9-19-12(8-15)17-11-7-5-6-10(16)13(11)19/h5-7H,8-9H2,1-4H3. The van der Waals surface area contributed by atoms with Crippen LogP contribution in [0.25, 0.3) is 11.0 Å². The Kier molecular flexibility index (Phi) is 4.09. The van der Waals surface area contributed by atoms with Crippen LogP contribution in [0.3, 0.4) is 0 Å². The fourth-order valence-electron chi connectivity index (χ4n) is 1.99. The van der Waals surface area contributed by atoms with E-state index in [9.17, 15) is 0 Å². The summed E-state index contributed by atoms with van der Waals surface area (Å²) in [6.07, 6.45) is 0. The molecule has 0 spiro atoms. The van der Waals surface area contributed by atoms with Crippen molar-refractivity contribution in [2.45, 2.75) is 31.8 Å². The number of likely N-dealkylation sites (N-methyl/N-ethyl adjacent to an activating group) is 1. The smallest absolute Gasteiger partial charge is 0.124 e. The molecule has 1 heterocycles. The fourth-order valence-corrected chi connectivity index (χ4v) is 2.47. The van der Waals surface area contributed by atoms with E-state index in [-0.39, 0.29) is 5.54 Å². The molecule has 0 aliphatic carbocycles. The van der Waals surface area contributed by atoms with Crippen LogP contribution in [0.1, 0.15) is 19.7 Å². The van der Waals surface area contributed by atoms with Crippen molar-refractivity contribution in [2.24, 2.45) is 0 Å². The van der Waals surface area contributed by atoms with Crippen molar-refractivity contribution < 1.29 is 0 Å². The Morgan fingerprint density at radius 3 is 2.58 bits per heavy atom. The number of para-hydroxylation sites is 1. The Labute approximate surface area is 124 Å². The Bertz CT molecular complexity index is 588. The normalized spacial score (nSPS) is 12.6. The van der Waals surface area contributed by atoms with Gasteiger partial charge in [0.2, 0.25) is 0 Å². The van der Waals surface area contributed by atoms with Gasteiger partial charge >= 0.3 is 0 Å². The van der Waals surface area contributed by atoms with Crippen LogP contribution >= 0.6 is 23.2 Å². The van der Waals surface area contributed by atoms with Crippen LogP contribution in [0.5, 0.6) is 0 Å². The first-order valence-corrected chi connectivity index (χ1v) is 7.15. The average molecular weight is 300 g/mol. The molecule has 0 aliphatic rings. The quantitative estimate of drug-likeness (QED) is 0.801. The second kappa shape index (κ2) is 5.31. The highest BCUT2D eigenvalue weighted by molar-refractivity contribution is 6.35. The molecule has 0 atom stereocenters. The molecule has 1 aromatic carbocycles. The molecule has 0 aliphatic heterocycles. The van der Waals surface area contributed by atoms with Crippen LogP contribution in [0.4, 0.5) is 0 Å². The van der Waals surface area contributed by atoms with Gasteiger partial charge in [-0.15, -0.1) is 11.6 Å². The molecule has 0 unspecified atom stereocenters. The molecule has 0 radical (unpaired) electrons. The van der Waals surface area contributed by atoms with E-state index in [2.05, 4.69) is 42.4 Å². The monoisotopic (exact) mass is 299 g/mol. The maximum atomic E-state index is 6.32. The number of fused-ring (bicyclic) bond motifs is 1. The van der Waals surface area contributed by atoms with Gasteiger partial charge in [0.05, 0.1) is 21.9 Å². The molecule has 0 saturated heterocycles. The van der Waals surface area contributed by atoms with E-state index in [0.717, 1.165) is 28.4 Å². The van der Waals surface area contributed by atoms with Crippen molar-refractivity contribution in [2.75, 3.05) is 14.1 Å². The number of rotatable bonds is 4. The van der Waals surface area contributed by atoms with E-state index in [1.807, 2.05) is 18.2 Å². The third kappa shape index (κ3) is 2.73. The highest BCUT2D eigenvalue weighted by Gasteiger charge is 2.24. The van der Waals surface area contributed by atoms with Gasteiger partial charge in [-0.3, -0.25) is 0 Å². The molecular formula is C14H19Cl2N3. The number of alkyl halides is 1. The lowest BCUT2D eigenvalue weighted by molar-refractivity contribution is 0.170. The molecular weight excluding hydrogens is 281 g/mol. The number of halogens is 2. The molecule has 0 fully saturated rings. The second-order valence-corrected chi connectivity index (χ2v) is 6.24. The number of aromatic nitrogens is 2. The highest BCUT2D eigenvalue weighted by atomic mass is 35.5. The van der Waals surface area contributed by atoms with Crippen LogP contribution in [0, 0.1) is 0 Å². The predicted octanol–water partition coefficient (Wildman–Crippen LogP) is 3.77. The summed E-state index contributed by atoms with van der Waals surface area (Å²) in [4.78, 5) is 6.75. The minimum atomic E-state index is -0.00634. The summed E-state index contributed by atoms with van der Waals surface area (Å²) in [5, 5.41) is 0.718. The summed E-state index contributed by atoms with van der Waals surface area (Å²) in [7, 11) is 4.14. The molecule has 1 aromatic heterocycles. The van der Waals surface area contributed by atoms with Crippen LogP contribution < -0.4 is 0 Å². The molecule has 2 rings (SSSR count). The largest absolute Gasteiger partial charge is 0.324 e. The van der Waals surface area contributed by atoms with Crippen LogP contribution in [0.2, 0.25) is 5.02 Å². The van der Waals surface area contributed by atoms with Crippen molar-refractivity contribution in [3.8, 4) is 0 Å². The fraction of sp³-hybridized carbons (Fsp3) is 0.500. The van der Waals surface area contributed by atoms with Crippen molar-refractivity contribution in [1.82, 2.24) is 14.5 Å². The Hall–Kier alpha value is -0.770. The number of hydrogen-bond acceptors (Lipinski definition) is 2. The maximum Gasteiger partial charge on any atom is 0.124 e. The second-order valence-electron chi connectivity index (χ2n) is 5.56. The Morgan fingerprint density at radius 2 is 2.00 bits per heavy atom. The van der Waals surface area contributed by atoms with Crippen molar-refractivity contribution in [3.63, 3.8) is 0 Å². The van der Waals surface area contributed by atoms with E-state index in [4.69, 9.17) is 23.2 Å². The summed E-state index contributed by atoms with van der Waals surface area (Å²) in [6, 6.07) is 5.77. The van der Waals surface area contributed by atoms with Gasteiger partial charge in [0.1, 0.15) is 5.82 Å². The molecule has 0 saturated carbocycles. The minimum absolute atomic E-state index is 0.00634. The third-order valence-electron chi connectivity index (χ3n) is 3.67. The van der Waals surface area contributed by atoms with Gasteiger partial charge in [-0.25, -0.2) is 4.98 Å². The molecule has 19 heavy (non-hydrogen) atoms. The lowest BCUT2D eigenvalue weighted by Gasteiger charge is -2.33. The highest BCUT2D eigenvalue weighted by Crippen LogP contribution is 2.27.